The van der Waals surface area contributed by atoms with Gasteiger partial charge in [-0.1, -0.05) is 23.9 Å². The molecule has 0 bridgehead atoms. The second-order valence-corrected chi connectivity index (χ2v) is 4.33. The van der Waals surface area contributed by atoms with Gasteiger partial charge in [0.2, 0.25) is 0 Å². The third kappa shape index (κ3) is 1.49. The minimum atomic E-state index is -0.232. The highest BCUT2D eigenvalue weighted by molar-refractivity contribution is 7.99. The first kappa shape index (κ1) is 8.80. The smallest absolute Gasteiger partial charge is 0.141 e. The van der Waals surface area contributed by atoms with E-state index in [9.17, 15) is 4.39 Å². The largest absolute Gasteiger partial charge is 0.455 e. The quantitative estimate of drug-likeness (QED) is 0.562. The van der Waals surface area contributed by atoms with E-state index in [0.29, 0.717) is 0 Å². The first-order chi connectivity index (χ1) is 7.33. The van der Waals surface area contributed by atoms with Crippen LogP contribution in [0.1, 0.15) is 0 Å². The Kier molecular flexibility index (Phi) is 1.92. The molecule has 3 rings (SSSR count). The zero-order chi connectivity index (χ0) is 10.3. The second kappa shape index (κ2) is 3.28. The van der Waals surface area contributed by atoms with E-state index in [-0.39, 0.29) is 5.82 Å². The van der Waals surface area contributed by atoms with Gasteiger partial charge in [-0.3, -0.25) is 0 Å². The maximum Gasteiger partial charge on any atom is 0.141 e. The number of fused-ring (bicyclic) bond motifs is 2. The van der Waals surface area contributed by atoms with Crippen LogP contribution in [0.4, 0.5) is 4.39 Å². The van der Waals surface area contributed by atoms with Crippen molar-refractivity contribution in [2.75, 3.05) is 0 Å². The van der Waals surface area contributed by atoms with Gasteiger partial charge in [0.25, 0.3) is 0 Å². The van der Waals surface area contributed by atoms with Gasteiger partial charge >= 0.3 is 0 Å². The van der Waals surface area contributed by atoms with E-state index in [1.807, 2.05) is 24.3 Å². The van der Waals surface area contributed by atoms with E-state index in [4.69, 9.17) is 4.74 Å². The Balaban J connectivity index is 2.11. The normalized spacial score (nSPS) is 12.6. The summed E-state index contributed by atoms with van der Waals surface area (Å²) in [5.41, 5.74) is 0. The lowest BCUT2D eigenvalue weighted by molar-refractivity contribution is 0.452. The summed E-state index contributed by atoms with van der Waals surface area (Å²) >= 11 is 1.53. The molecule has 0 fully saturated rings. The standard InChI is InChI=1S/C12H7FOS/c13-8-5-6-10-12(7-8)15-11-4-2-1-3-9(11)14-10/h1-7H. The van der Waals surface area contributed by atoms with E-state index in [1.54, 1.807) is 6.07 Å². The lowest BCUT2D eigenvalue weighted by atomic mass is 10.3. The van der Waals surface area contributed by atoms with E-state index in [0.717, 1.165) is 21.3 Å². The lowest BCUT2D eigenvalue weighted by Crippen LogP contribution is -1.94. The molecule has 2 aromatic rings. The zero-order valence-corrected chi connectivity index (χ0v) is 8.55. The predicted octanol–water partition coefficient (Wildman–Crippen LogP) is 4.08. The molecule has 0 radical (unpaired) electrons. The lowest BCUT2D eigenvalue weighted by Gasteiger charge is -2.18. The summed E-state index contributed by atoms with van der Waals surface area (Å²) in [4.78, 5) is 1.85. The molecule has 0 saturated carbocycles. The van der Waals surface area contributed by atoms with Crippen molar-refractivity contribution in [3.8, 4) is 11.5 Å². The van der Waals surface area contributed by atoms with Gasteiger partial charge in [-0.2, -0.15) is 0 Å². The molecule has 1 nitrogen and oxygen atoms in total. The highest BCUT2D eigenvalue weighted by Gasteiger charge is 2.17. The van der Waals surface area contributed by atoms with Gasteiger partial charge in [0.05, 0.1) is 9.79 Å². The molecule has 1 aliphatic rings. The fraction of sp³-hybridized carbons (Fsp3) is 0. The van der Waals surface area contributed by atoms with Crippen molar-refractivity contribution in [2.45, 2.75) is 9.79 Å². The molecule has 15 heavy (non-hydrogen) atoms. The molecule has 0 aliphatic carbocycles. The van der Waals surface area contributed by atoms with Crippen molar-refractivity contribution in [1.29, 1.82) is 0 Å². The summed E-state index contributed by atoms with van der Waals surface area (Å²) in [7, 11) is 0. The van der Waals surface area contributed by atoms with Gasteiger partial charge < -0.3 is 4.74 Å². The predicted molar refractivity (Wildman–Crippen MR) is 57.0 cm³/mol. The Labute approximate surface area is 90.9 Å². The van der Waals surface area contributed by atoms with Gasteiger partial charge in [0.1, 0.15) is 17.3 Å². The molecule has 0 N–H and O–H groups in total. The fourth-order valence-corrected chi connectivity index (χ4v) is 2.48. The van der Waals surface area contributed by atoms with Gasteiger partial charge in [-0.05, 0) is 30.3 Å². The molecule has 3 heteroatoms. The maximum atomic E-state index is 13.0. The van der Waals surface area contributed by atoms with E-state index in [2.05, 4.69) is 0 Å². The maximum absolute atomic E-state index is 13.0. The minimum absolute atomic E-state index is 0.232. The van der Waals surface area contributed by atoms with Crippen LogP contribution in [-0.4, -0.2) is 0 Å². The summed E-state index contributed by atoms with van der Waals surface area (Å²) in [6, 6.07) is 12.3. The van der Waals surface area contributed by atoms with Crippen molar-refractivity contribution in [3.63, 3.8) is 0 Å². The third-order valence-corrected chi connectivity index (χ3v) is 3.29. The highest BCUT2D eigenvalue weighted by Crippen LogP contribution is 2.46. The summed E-state index contributed by atoms with van der Waals surface area (Å²) in [6.45, 7) is 0. The average Bonchev–Trinajstić information content (AvgIpc) is 2.26. The Morgan fingerprint density at radius 2 is 1.73 bits per heavy atom. The van der Waals surface area contributed by atoms with Crippen LogP contribution in [0.25, 0.3) is 0 Å². The van der Waals surface area contributed by atoms with Crippen molar-refractivity contribution in [3.05, 3.63) is 48.3 Å². The summed E-state index contributed by atoms with van der Waals surface area (Å²) in [6.07, 6.45) is 0. The molecule has 0 spiro atoms. The van der Waals surface area contributed by atoms with Crippen LogP contribution in [-0.2, 0) is 0 Å². The minimum Gasteiger partial charge on any atom is -0.455 e. The molecular weight excluding hydrogens is 211 g/mol. The molecule has 0 unspecified atom stereocenters. The Morgan fingerprint density at radius 3 is 2.67 bits per heavy atom. The van der Waals surface area contributed by atoms with E-state index in [1.165, 1.54) is 23.9 Å². The van der Waals surface area contributed by atoms with Crippen LogP contribution < -0.4 is 4.74 Å². The molecule has 0 saturated heterocycles. The zero-order valence-electron chi connectivity index (χ0n) is 7.74. The molecule has 1 aliphatic heterocycles. The number of para-hydroxylation sites is 1. The number of benzene rings is 2. The number of ether oxygens (including phenoxy) is 1. The third-order valence-electron chi connectivity index (χ3n) is 2.19. The fourth-order valence-electron chi connectivity index (χ4n) is 1.50. The molecule has 74 valence electrons. The summed E-state index contributed by atoms with van der Waals surface area (Å²) < 4.78 is 18.6. The Hall–Kier alpha value is -1.48. The molecule has 0 amide bonds. The van der Waals surface area contributed by atoms with Gasteiger partial charge in [0.15, 0.2) is 0 Å². The topological polar surface area (TPSA) is 9.23 Å². The van der Waals surface area contributed by atoms with E-state index >= 15 is 0 Å². The van der Waals surface area contributed by atoms with Crippen LogP contribution in [0.2, 0.25) is 0 Å². The van der Waals surface area contributed by atoms with Crippen LogP contribution in [0.5, 0.6) is 11.5 Å². The Morgan fingerprint density at radius 1 is 0.933 bits per heavy atom. The number of hydrogen-bond acceptors (Lipinski definition) is 2. The van der Waals surface area contributed by atoms with Crippen LogP contribution in [0.15, 0.2) is 52.3 Å². The first-order valence-corrected chi connectivity index (χ1v) is 5.39. The van der Waals surface area contributed by atoms with Gasteiger partial charge in [0, 0.05) is 0 Å². The first-order valence-electron chi connectivity index (χ1n) is 4.57. The van der Waals surface area contributed by atoms with Crippen LogP contribution >= 0.6 is 11.8 Å². The summed E-state index contributed by atoms with van der Waals surface area (Å²) in [5, 5.41) is 0. The number of halogens is 1. The number of hydrogen-bond donors (Lipinski definition) is 0. The van der Waals surface area contributed by atoms with Crippen molar-refractivity contribution in [2.24, 2.45) is 0 Å². The van der Waals surface area contributed by atoms with Crippen molar-refractivity contribution < 1.29 is 9.13 Å². The summed E-state index contributed by atoms with van der Waals surface area (Å²) in [5.74, 6) is 1.32. The monoisotopic (exact) mass is 218 g/mol. The number of rotatable bonds is 0. The second-order valence-electron chi connectivity index (χ2n) is 3.24. The SMILES string of the molecule is Fc1ccc2c(c1)Sc1ccccc1O2. The molecule has 0 atom stereocenters. The van der Waals surface area contributed by atoms with E-state index < -0.39 is 0 Å². The molecular formula is C12H7FOS. The molecule has 0 aromatic heterocycles. The Bertz CT molecular complexity index is 525. The van der Waals surface area contributed by atoms with Crippen LogP contribution in [0, 0.1) is 5.82 Å². The van der Waals surface area contributed by atoms with Gasteiger partial charge in [-0.25, -0.2) is 4.39 Å². The van der Waals surface area contributed by atoms with Crippen molar-refractivity contribution in [1.82, 2.24) is 0 Å². The van der Waals surface area contributed by atoms with Crippen LogP contribution in [0.3, 0.4) is 0 Å². The molecule has 2 aromatic carbocycles. The average molecular weight is 218 g/mol. The van der Waals surface area contributed by atoms with Gasteiger partial charge in [-0.15, -0.1) is 0 Å². The van der Waals surface area contributed by atoms with Crippen molar-refractivity contribution >= 4 is 11.8 Å². The highest BCUT2D eigenvalue weighted by atomic mass is 32.2. The molecule has 1 heterocycles.